The number of likely N-dealkylation sites (tertiary alicyclic amines) is 1. The summed E-state index contributed by atoms with van der Waals surface area (Å²) in [5.74, 6) is -0.348. The van der Waals surface area contributed by atoms with E-state index in [0.717, 1.165) is 25.5 Å². The zero-order chi connectivity index (χ0) is 17.5. The highest BCUT2D eigenvalue weighted by atomic mass is 32.2. The van der Waals surface area contributed by atoms with Crippen LogP contribution in [0.1, 0.15) is 32.6 Å². The molecular formula is C15H27N3O4S. The van der Waals surface area contributed by atoms with Crippen LogP contribution < -0.4 is 4.72 Å². The van der Waals surface area contributed by atoms with Gasteiger partial charge in [-0.1, -0.05) is 6.58 Å². The second kappa shape index (κ2) is 9.02. The van der Waals surface area contributed by atoms with Gasteiger partial charge < -0.3 is 9.80 Å². The zero-order valence-electron chi connectivity index (χ0n) is 14.0. The first-order valence-corrected chi connectivity index (χ1v) is 9.83. The van der Waals surface area contributed by atoms with Gasteiger partial charge in [0.2, 0.25) is 21.8 Å². The smallest absolute Gasteiger partial charge is 0.246 e. The molecule has 7 nitrogen and oxygen atoms in total. The number of carbonyl (C=O) groups is 2. The molecule has 0 bridgehead atoms. The van der Waals surface area contributed by atoms with Gasteiger partial charge in [-0.2, -0.15) is 0 Å². The van der Waals surface area contributed by atoms with Crippen LogP contribution in [0.5, 0.6) is 0 Å². The van der Waals surface area contributed by atoms with Crippen molar-refractivity contribution in [2.24, 2.45) is 0 Å². The second-order valence-electron chi connectivity index (χ2n) is 5.75. The zero-order valence-corrected chi connectivity index (χ0v) is 14.8. The van der Waals surface area contributed by atoms with Gasteiger partial charge in [0, 0.05) is 25.7 Å². The fourth-order valence-electron chi connectivity index (χ4n) is 2.77. The van der Waals surface area contributed by atoms with E-state index < -0.39 is 10.0 Å². The molecule has 1 atom stereocenters. The van der Waals surface area contributed by atoms with Crippen molar-refractivity contribution >= 4 is 21.8 Å². The topological polar surface area (TPSA) is 86.8 Å². The second-order valence-corrected chi connectivity index (χ2v) is 7.58. The molecule has 1 saturated heterocycles. The van der Waals surface area contributed by atoms with Gasteiger partial charge in [-0.05, 0) is 38.7 Å². The molecule has 23 heavy (non-hydrogen) atoms. The average molecular weight is 345 g/mol. The van der Waals surface area contributed by atoms with E-state index in [9.17, 15) is 18.0 Å². The summed E-state index contributed by atoms with van der Waals surface area (Å²) in [4.78, 5) is 27.4. The van der Waals surface area contributed by atoms with Crippen LogP contribution >= 0.6 is 0 Å². The number of hydrogen-bond donors (Lipinski definition) is 1. The summed E-state index contributed by atoms with van der Waals surface area (Å²) in [7, 11) is -3.22. The van der Waals surface area contributed by atoms with Gasteiger partial charge >= 0.3 is 0 Å². The molecule has 1 aliphatic heterocycles. The maximum atomic E-state index is 12.5. The Labute approximate surface area is 138 Å². The van der Waals surface area contributed by atoms with E-state index in [0.29, 0.717) is 26.1 Å². The molecule has 0 aromatic carbocycles. The third kappa shape index (κ3) is 6.70. The average Bonchev–Trinajstić information content (AvgIpc) is 2.50. The molecule has 1 aliphatic rings. The minimum Gasteiger partial charge on any atom is -0.338 e. The predicted molar refractivity (Wildman–Crippen MR) is 89.3 cm³/mol. The lowest BCUT2D eigenvalue weighted by atomic mass is 9.99. The van der Waals surface area contributed by atoms with E-state index in [2.05, 4.69) is 11.3 Å². The van der Waals surface area contributed by atoms with E-state index in [4.69, 9.17) is 0 Å². The highest BCUT2D eigenvalue weighted by molar-refractivity contribution is 7.88. The molecule has 132 valence electrons. The van der Waals surface area contributed by atoms with Crippen LogP contribution in [0.3, 0.4) is 0 Å². The lowest BCUT2D eigenvalue weighted by molar-refractivity contribution is -0.140. The number of piperidine rings is 1. The predicted octanol–water partition coefficient (Wildman–Crippen LogP) is 0.341. The van der Waals surface area contributed by atoms with Gasteiger partial charge in [0.25, 0.3) is 0 Å². The number of likely N-dealkylation sites (N-methyl/N-ethyl adjacent to an activating group) is 1. The Morgan fingerprint density at radius 1 is 1.39 bits per heavy atom. The molecule has 2 amide bonds. The first-order valence-electron chi connectivity index (χ1n) is 7.94. The maximum absolute atomic E-state index is 12.5. The molecule has 0 aromatic rings. The van der Waals surface area contributed by atoms with Gasteiger partial charge in [-0.15, -0.1) is 0 Å². The number of sulfonamides is 1. The number of nitrogens with zero attached hydrogens (tertiary/aromatic N) is 2. The Balaban J connectivity index is 2.63. The van der Waals surface area contributed by atoms with Crippen molar-refractivity contribution in [3.63, 3.8) is 0 Å². The summed E-state index contributed by atoms with van der Waals surface area (Å²) in [5, 5.41) is 0. The first kappa shape index (κ1) is 19.6. The Morgan fingerprint density at radius 2 is 2.09 bits per heavy atom. The van der Waals surface area contributed by atoms with Crippen molar-refractivity contribution < 1.29 is 18.0 Å². The molecule has 8 heteroatoms. The summed E-state index contributed by atoms with van der Waals surface area (Å²) >= 11 is 0. The van der Waals surface area contributed by atoms with Crippen molar-refractivity contribution in [3.8, 4) is 0 Å². The Morgan fingerprint density at radius 3 is 2.65 bits per heavy atom. The van der Waals surface area contributed by atoms with Crippen LogP contribution in [0.25, 0.3) is 0 Å². The van der Waals surface area contributed by atoms with Gasteiger partial charge in [0.1, 0.15) is 6.54 Å². The highest BCUT2D eigenvalue weighted by Crippen LogP contribution is 2.20. The molecule has 1 heterocycles. The Hall–Kier alpha value is -1.41. The van der Waals surface area contributed by atoms with Crippen molar-refractivity contribution in [1.29, 1.82) is 0 Å². The molecule has 0 aliphatic carbocycles. The standard InChI is InChI=1S/C15H27N3O4S/c1-4-14(19)17(5-2)12-15(20)18-11-7-6-8-13(18)9-10-16-23(3,21)22/h4,13,16H,1,5-12H2,2-3H3. The van der Waals surface area contributed by atoms with Crippen molar-refractivity contribution in [2.75, 3.05) is 32.4 Å². The highest BCUT2D eigenvalue weighted by Gasteiger charge is 2.28. The normalized spacial score (nSPS) is 18.5. The lowest BCUT2D eigenvalue weighted by Crippen LogP contribution is -2.49. The number of rotatable bonds is 8. The molecule has 0 spiro atoms. The summed E-state index contributed by atoms with van der Waals surface area (Å²) < 4.78 is 24.7. The van der Waals surface area contributed by atoms with E-state index in [-0.39, 0.29) is 24.4 Å². The number of amides is 2. The van der Waals surface area contributed by atoms with Crippen LogP contribution in [-0.2, 0) is 19.6 Å². The van der Waals surface area contributed by atoms with Crippen molar-refractivity contribution in [2.45, 2.75) is 38.6 Å². The molecule has 1 N–H and O–H groups in total. The van der Waals surface area contributed by atoms with Crippen LogP contribution in [0.4, 0.5) is 0 Å². The molecular weight excluding hydrogens is 318 g/mol. The van der Waals surface area contributed by atoms with Gasteiger partial charge in [0.15, 0.2) is 0 Å². The summed E-state index contributed by atoms with van der Waals surface area (Å²) in [5.41, 5.74) is 0. The van der Waals surface area contributed by atoms with Gasteiger partial charge in [0.05, 0.1) is 6.26 Å². The number of carbonyl (C=O) groups excluding carboxylic acids is 2. The number of nitrogens with one attached hydrogen (secondary N) is 1. The molecule has 1 unspecified atom stereocenters. The van der Waals surface area contributed by atoms with Crippen molar-refractivity contribution in [1.82, 2.24) is 14.5 Å². The van der Waals surface area contributed by atoms with Crippen LogP contribution in [0.15, 0.2) is 12.7 Å². The quantitative estimate of drug-likeness (QED) is 0.643. The van der Waals surface area contributed by atoms with E-state index in [1.54, 1.807) is 4.90 Å². The van der Waals surface area contributed by atoms with Crippen LogP contribution in [0.2, 0.25) is 0 Å². The fourth-order valence-corrected chi connectivity index (χ4v) is 3.26. The molecule has 1 fully saturated rings. The fraction of sp³-hybridized carbons (Fsp3) is 0.733. The van der Waals surface area contributed by atoms with E-state index in [1.165, 1.54) is 11.0 Å². The minimum atomic E-state index is -3.22. The monoisotopic (exact) mass is 345 g/mol. The first-order chi connectivity index (χ1) is 10.8. The molecule has 1 rings (SSSR count). The van der Waals surface area contributed by atoms with Crippen LogP contribution in [-0.4, -0.2) is 68.5 Å². The Kier molecular flexibility index (Phi) is 7.70. The van der Waals surface area contributed by atoms with Gasteiger partial charge in [-0.3, -0.25) is 9.59 Å². The molecule has 0 saturated carbocycles. The van der Waals surface area contributed by atoms with Crippen molar-refractivity contribution in [3.05, 3.63) is 12.7 Å². The summed E-state index contributed by atoms with van der Waals surface area (Å²) in [6.07, 6.45) is 5.73. The SMILES string of the molecule is C=CC(=O)N(CC)CC(=O)N1CCCCC1CCNS(C)(=O)=O. The third-order valence-corrected chi connectivity index (χ3v) is 4.71. The van der Waals surface area contributed by atoms with Crippen LogP contribution in [0, 0.1) is 0 Å². The van der Waals surface area contributed by atoms with E-state index >= 15 is 0 Å². The number of hydrogen-bond acceptors (Lipinski definition) is 4. The molecule has 0 radical (unpaired) electrons. The van der Waals surface area contributed by atoms with Gasteiger partial charge in [-0.25, -0.2) is 13.1 Å². The Bertz CT molecular complexity index is 533. The summed E-state index contributed by atoms with van der Waals surface area (Å²) in [6.45, 7) is 6.72. The largest absolute Gasteiger partial charge is 0.338 e. The minimum absolute atomic E-state index is 0.0167. The third-order valence-electron chi connectivity index (χ3n) is 3.98. The summed E-state index contributed by atoms with van der Waals surface area (Å²) in [6, 6.07) is 0.0167. The van der Waals surface area contributed by atoms with E-state index in [1.807, 2.05) is 6.92 Å². The molecule has 0 aromatic heterocycles. The lowest BCUT2D eigenvalue weighted by Gasteiger charge is -2.37. The maximum Gasteiger partial charge on any atom is 0.246 e.